The zero-order valence-electron chi connectivity index (χ0n) is 9.97. The summed E-state index contributed by atoms with van der Waals surface area (Å²) in [6.07, 6.45) is 0. The first-order valence-electron chi connectivity index (χ1n) is 5.34. The second kappa shape index (κ2) is 6.92. The Bertz CT molecular complexity index is 481. The van der Waals surface area contributed by atoms with Crippen LogP contribution in [0, 0.1) is 5.82 Å². The molecule has 0 heterocycles. The Morgan fingerprint density at radius 2 is 2.06 bits per heavy atom. The Balaban J connectivity index is 2.45. The highest BCUT2D eigenvalue weighted by Crippen LogP contribution is 2.15. The normalized spacial score (nSPS) is 11.8. The number of sulfonamides is 1. The number of benzene rings is 1. The minimum absolute atomic E-state index is 0.0425. The van der Waals surface area contributed by atoms with Gasteiger partial charge in [0.2, 0.25) is 10.0 Å². The van der Waals surface area contributed by atoms with Crippen LogP contribution in [0.2, 0.25) is 0 Å². The van der Waals surface area contributed by atoms with Crippen molar-refractivity contribution in [2.45, 2.75) is 0 Å². The molecule has 18 heavy (non-hydrogen) atoms. The zero-order chi connectivity index (χ0) is 13.6. The van der Waals surface area contributed by atoms with Crippen LogP contribution in [0.15, 0.2) is 24.3 Å². The maximum atomic E-state index is 13.2. The Labute approximate surface area is 111 Å². The van der Waals surface area contributed by atoms with Crippen LogP contribution in [0.5, 0.6) is 5.75 Å². The van der Waals surface area contributed by atoms with Gasteiger partial charge in [0.25, 0.3) is 0 Å². The van der Waals surface area contributed by atoms with E-state index in [0.717, 1.165) is 4.31 Å². The van der Waals surface area contributed by atoms with Crippen molar-refractivity contribution >= 4 is 21.6 Å². The molecule has 7 heteroatoms. The Morgan fingerprint density at radius 1 is 1.39 bits per heavy atom. The van der Waals surface area contributed by atoms with Gasteiger partial charge in [0.15, 0.2) is 11.6 Å². The van der Waals surface area contributed by atoms with E-state index in [-0.39, 0.29) is 30.5 Å². The Morgan fingerprint density at radius 3 is 2.67 bits per heavy atom. The van der Waals surface area contributed by atoms with Crippen molar-refractivity contribution in [1.29, 1.82) is 0 Å². The highest BCUT2D eigenvalue weighted by atomic mass is 35.5. The first-order chi connectivity index (χ1) is 8.47. The van der Waals surface area contributed by atoms with Gasteiger partial charge in [-0.05, 0) is 12.1 Å². The lowest BCUT2D eigenvalue weighted by atomic mass is 10.3. The lowest BCUT2D eigenvalue weighted by Gasteiger charge is -2.16. The molecule has 0 bridgehead atoms. The predicted molar refractivity (Wildman–Crippen MR) is 69.0 cm³/mol. The minimum Gasteiger partial charge on any atom is -0.489 e. The third-order valence-electron chi connectivity index (χ3n) is 2.31. The third kappa shape index (κ3) is 4.44. The van der Waals surface area contributed by atoms with Crippen LogP contribution in [0.1, 0.15) is 0 Å². The van der Waals surface area contributed by atoms with Crippen molar-refractivity contribution in [2.75, 3.05) is 31.8 Å². The van der Waals surface area contributed by atoms with Gasteiger partial charge in [-0.25, -0.2) is 17.1 Å². The van der Waals surface area contributed by atoms with Crippen molar-refractivity contribution in [1.82, 2.24) is 4.31 Å². The summed E-state index contributed by atoms with van der Waals surface area (Å²) in [5, 5.41) is 0. The minimum atomic E-state index is -3.35. The third-order valence-corrected chi connectivity index (χ3v) is 4.58. The fourth-order valence-corrected chi connectivity index (χ4v) is 2.68. The monoisotopic (exact) mass is 295 g/mol. The van der Waals surface area contributed by atoms with Crippen molar-refractivity contribution in [3.05, 3.63) is 30.1 Å². The summed E-state index contributed by atoms with van der Waals surface area (Å²) in [6, 6.07) is 5.97. The molecule has 0 aliphatic heterocycles. The lowest BCUT2D eigenvalue weighted by Crippen LogP contribution is -2.33. The number of ether oxygens (including phenoxy) is 1. The predicted octanol–water partition coefficient (Wildman–Crippen LogP) is 1.70. The molecule has 0 unspecified atom stereocenters. The van der Waals surface area contributed by atoms with E-state index < -0.39 is 15.8 Å². The molecular formula is C11H15ClFNO3S. The topological polar surface area (TPSA) is 46.6 Å². The summed E-state index contributed by atoms with van der Waals surface area (Å²) in [5.74, 6) is -0.435. The second-order valence-corrected chi connectivity index (χ2v) is 6.18. The average molecular weight is 296 g/mol. The van der Waals surface area contributed by atoms with Crippen LogP contribution in [0.25, 0.3) is 0 Å². The standard InChI is InChI=1S/C11H15ClFNO3S/c1-14(18(15,16)9-6-12)7-8-17-11-5-3-2-4-10(11)13/h2-5H,6-9H2,1H3. The molecule has 0 aliphatic carbocycles. The van der Waals surface area contributed by atoms with Crippen LogP contribution in [-0.4, -0.2) is 44.6 Å². The summed E-state index contributed by atoms with van der Waals surface area (Å²) in [4.78, 5) is 0. The van der Waals surface area contributed by atoms with Crippen LogP contribution >= 0.6 is 11.6 Å². The van der Waals surface area contributed by atoms with Gasteiger partial charge in [-0.3, -0.25) is 0 Å². The summed E-state index contributed by atoms with van der Waals surface area (Å²) in [6.45, 7) is 0.229. The maximum absolute atomic E-state index is 13.2. The van der Waals surface area contributed by atoms with Gasteiger partial charge in [-0.2, -0.15) is 0 Å². The zero-order valence-corrected chi connectivity index (χ0v) is 11.5. The van der Waals surface area contributed by atoms with Crippen molar-refractivity contribution in [3.8, 4) is 5.75 Å². The van der Waals surface area contributed by atoms with E-state index in [0.29, 0.717) is 0 Å². The van der Waals surface area contributed by atoms with Gasteiger partial charge >= 0.3 is 0 Å². The van der Waals surface area contributed by atoms with Gasteiger partial charge in [-0.15, -0.1) is 11.6 Å². The van der Waals surface area contributed by atoms with Crippen molar-refractivity contribution in [3.63, 3.8) is 0 Å². The molecule has 0 spiro atoms. The molecule has 0 N–H and O–H groups in total. The number of para-hydroxylation sites is 1. The van der Waals surface area contributed by atoms with Gasteiger partial charge in [0.05, 0.1) is 5.75 Å². The quantitative estimate of drug-likeness (QED) is 0.720. The molecule has 0 fully saturated rings. The Kier molecular flexibility index (Phi) is 5.84. The fourth-order valence-electron chi connectivity index (χ4n) is 1.24. The number of alkyl halides is 1. The Hall–Kier alpha value is -0.850. The molecule has 0 radical (unpaired) electrons. The van der Waals surface area contributed by atoms with E-state index in [4.69, 9.17) is 16.3 Å². The molecule has 0 atom stereocenters. The number of rotatable bonds is 7. The molecule has 0 saturated heterocycles. The van der Waals surface area contributed by atoms with E-state index in [1.807, 2.05) is 0 Å². The fraction of sp³-hybridized carbons (Fsp3) is 0.455. The maximum Gasteiger partial charge on any atom is 0.215 e. The van der Waals surface area contributed by atoms with Crippen LogP contribution in [-0.2, 0) is 10.0 Å². The molecule has 102 valence electrons. The summed E-state index contributed by atoms with van der Waals surface area (Å²) in [5.41, 5.74) is 0. The largest absolute Gasteiger partial charge is 0.489 e. The smallest absolute Gasteiger partial charge is 0.215 e. The van der Waals surface area contributed by atoms with Crippen LogP contribution < -0.4 is 4.74 Å². The number of hydrogen-bond acceptors (Lipinski definition) is 3. The summed E-state index contributed by atoms with van der Waals surface area (Å²) >= 11 is 5.39. The van der Waals surface area contributed by atoms with E-state index >= 15 is 0 Å². The number of likely N-dealkylation sites (N-methyl/N-ethyl adjacent to an activating group) is 1. The van der Waals surface area contributed by atoms with Crippen LogP contribution in [0.4, 0.5) is 4.39 Å². The molecule has 0 aliphatic rings. The van der Waals surface area contributed by atoms with E-state index in [9.17, 15) is 12.8 Å². The van der Waals surface area contributed by atoms with Crippen molar-refractivity contribution < 1.29 is 17.5 Å². The highest BCUT2D eigenvalue weighted by molar-refractivity contribution is 7.89. The van der Waals surface area contributed by atoms with Crippen molar-refractivity contribution in [2.24, 2.45) is 0 Å². The van der Waals surface area contributed by atoms with Gasteiger partial charge in [0, 0.05) is 19.5 Å². The molecule has 0 aromatic heterocycles. The lowest BCUT2D eigenvalue weighted by molar-refractivity contribution is 0.275. The first kappa shape index (κ1) is 15.2. The molecule has 1 rings (SSSR count). The summed E-state index contributed by atoms with van der Waals surface area (Å²) < 4.78 is 42.6. The molecule has 4 nitrogen and oxygen atoms in total. The van der Waals surface area contributed by atoms with Gasteiger partial charge in [0.1, 0.15) is 6.61 Å². The second-order valence-electron chi connectivity index (χ2n) is 3.61. The summed E-state index contributed by atoms with van der Waals surface area (Å²) in [7, 11) is -1.91. The van der Waals surface area contributed by atoms with Crippen LogP contribution in [0.3, 0.4) is 0 Å². The van der Waals surface area contributed by atoms with Gasteiger partial charge in [-0.1, -0.05) is 12.1 Å². The number of halogens is 2. The SMILES string of the molecule is CN(CCOc1ccccc1F)S(=O)(=O)CCCl. The van der Waals surface area contributed by atoms with E-state index in [2.05, 4.69) is 0 Å². The molecule has 0 saturated carbocycles. The molecular weight excluding hydrogens is 281 g/mol. The molecule has 1 aromatic rings. The number of nitrogens with zero attached hydrogens (tertiary/aromatic N) is 1. The highest BCUT2D eigenvalue weighted by Gasteiger charge is 2.16. The van der Waals surface area contributed by atoms with E-state index in [1.54, 1.807) is 12.1 Å². The van der Waals surface area contributed by atoms with Gasteiger partial charge < -0.3 is 4.74 Å². The first-order valence-corrected chi connectivity index (χ1v) is 7.49. The molecule has 0 amide bonds. The van der Waals surface area contributed by atoms with E-state index in [1.165, 1.54) is 19.2 Å². The number of hydrogen-bond donors (Lipinski definition) is 0. The average Bonchev–Trinajstić information content (AvgIpc) is 2.31. The molecule has 1 aromatic carbocycles.